The van der Waals surface area contributed by atoms with Crippen LogP contribution < -0.4 is 9.50 Å². The second-order valence-electron chi connectivity index (χ2n) is 5.78. The van der Waals surface area contributed by atoms with Crippen LogP contribution in [0.1, 0.15) is 10.4 Å². The van der Waals surface area contributed by atoms with E-state index in [1.165, 1.54) is 48.5 Å². The highest BCUT2D eigenvalue weighted by Crippen LogP contribution is 2.24. The van der Waals surface area contributed by atoms with E-state index >= 15 is 0 Å². The molecule has 0 bridgehead atoms. The van der Waals surface area contributed by atoms with E-state index in [0.717, 1.165) is 6.07 Å². The van der Waals surface area contributed by atoms with Gasteiger partial charge in [0.1, 0.15) is 10.6 Å². The fourth-order valence-electron chi connectivity index (χ4n) is 2.36. The number of nitrogens with one attached hydrogen (secondary N) is 1. The van der Waals surface area contributed by atoms with Crippen molar-refractivity contribution in [1.82, 2.24) is 0 Å². The second-order valence-corrected chi connectivity index (χ2v) is 7.76. The van der Waals surface area contributed by atoms with Crippen molar-refractivity contribution in [3.63, 3.8) is 0 Å². The van der Waals surface area contributed by atoms with Gasteiger partial charge in [0, 0.05) is 22.3 Å². The smallest absolute Gasteiger partial charge is 0.339 e. The molecule has 0 aliphatic carbocycles. The number of carbonyl (C=O) groups is 1. The average molecular weight is 433 g/mol. The van der Waals surface area contributed by atoms with Gasteiger partial charge < -0.3 is 9.50 Å². The molecule has 0 aromatic heterocycles. The molecule has 1 N–H and O–H groups in total. The third-order valence-electron chi connectivity index (χ3n) is 3.72. The zero-order valence-corrected chi connectivity index (χ0v) is 16.2. The van der Waals surface area contributed by atoms with Gasteiger partial charge in [0.2, 0.25) is 0 Å². The van der Waals surface area contributed by atoms with E-state index < -0.39 is 20.9 Å². The summed E-state index contributed by atoms with van der Waals surface area (Å²) in [5.41, 5.74) is 0.421. The minimum atomic E-state index is -4.21. The summed E-state index contributed by atoms with van der Waals surface area (Å²) in [5.74, 6) is -0.589. The topological polar surface area (TPSA) is 116 Å². The van der Waals surface area contributed by atoms with Gasteiger partial charge in [-0.1, -0.05) is 23.7 Å². The summed E-state index contributed by atoms with van der Waals surface area (Å²) < 4.78 is 29.7. The number of benzene rings is 3. The monoisotopic (exact) mass is 432 g/mol. The lowest BCUT2D eigenvalue weighted by molar-refractivity contribution is -0.384. The minimum absolute atomic E-state index is 0.176. The van der Waals surface area contributed by atoms with Crippen LogP contribution in [0.25, 0.3) is 0 Å². The Labute approximate surface area is 171 Å². The molecule has 148 valence electrons. The molecule has 0 radical (unpaired) electrons. The lowest BCUT2D eigenvalue weighted by Crippen LogP contribution is -2.13. The maximum Gasteiger partial charge on any atom is 0.339 e. The van der Waals surface area contributed by atoms with Crippen LogP contribution in [-0.2, 0) is 10.1 Å². The Morgan fingerprint density at radius 3 is 2.34 bits per heavy atom. The number of halogens is 1. The van der Waals surface area contributed by atoms with Crippen LogP contribution in [-0.4, -0.2) is 19.2 Å². The molecule has 0 saturated heterocycles. The number of anilines is 1. The van der Waals surface area contributed by atoms with Crippen molar-refractivity contribution >= 4 is 39.0 Å². The lowest BCUT2D eigenvalue weighted by Gasteiger charge is -2.09. The van der Waals surface area contributed by atoms with E-state index in [9.17, 15) is 23.3 Å². The quantitative estimate of drug-likeness (QED) is 0.353. The van der Waals surface area contributed by atoms with Crippen molar-refractivity contribution in [3.05, 3.63) is 93.5 Å². The number of amides is 1. The predicted octanol–water partition coefficient (Wildman–Crippen LogP) is 4.27. The Bertz CT molecular complexity index is 1180. The van der Waals surface area contributed by atoms with E-state index in [2.05, 4.69) is 5.32 Å². The van der Waals surface area contributed by atoms with Gasteiger partial charge in [-0.05, 0) is 48.5 Å². The largest absolute Gasteiger partial charge is 0.379 e. The first-order chi connectivity index (χ1) is 13.7. The van der Waals surface area contributed by atoms with E-state index in [1.54, 1.807) is 18.2 Å². The second kappa shape index (κ2) is 8.29. The van der Waals surface area contributed by atoms with Gasteiger partial charge in [0.25, 0.3) is 11.6 Å². The summed E-state index contributed by atoms with van der Waals surface area (Å²) in [4.78, 5) is 22.2. The Hall–Kier alpha value is -3.43. The summed E-state index contributed by atoms with van der Waals surface area (Å²) in [5, 5.41) is 13.8. The standard InChI is InChI=1S/C19H13ClN2O6S/c20-14-4-1-3-13(11-14)19(23)21-15-7-9-18(10-8-15)29(26,27)28-17-6-2-5-16(12-17)22(24)25/h1-12H,(H,21,23). The molecular formula is C19H13ClN2O6S. The Morgan fingerprint density at radius 2 is 1.69 bits per heavy atom. The maximum absolute atomic E-state index is 12.4. The van der Waals surface area contributed by atoms with E-state index in [-0.39, 0.29) is 16.3 Å². The number of nitrogens with zero attached hydrogens (tertiary/aromatic N) is 1. The number of hydrogen-bond donors (Lipinski definition) is 1. The molecule has 0 aliphatic heterocycles. The van der Waals surface area contributed by atoms with Gasteiger partial charge in [-0.15, -0.1) is 0 Å². The summed E-state index contributed by atoms with van der Waals surface area (Å²) in [6.45, 7) is 0. The van der Waals surface area contributed by atoms with Crippen LogP contribution in [0.5, 0.6) is 5.75 Å². The van der Waals surface area contributed by atoms with Crippen LogP contribution in [0.2, 0.25) is 5.02 Å². The highest BCUT2D eigenvalue weighted by atomic mass is 35.5. The van der Waals surface area contributed by atoms with E-state index in [1.807, 2.05) is 0 Å². The van der Waals surface area contributed by atoms with Crippen molar-refractivity contribution in [1.29, 1.82) is 0 Å². The fraction of sp³-hybridized carbons (Fsp3) is 0. The summed E-state index contributed by atoms with van der Waals surface area (Å²) in [6.07, 6.45) is 0. The molecular weight excluding hydrogens is 420 g/mol. The number of nitro groups is 1. The van der Waals surface area contributed by atoms with Crippen molar-refractivity contribution in [2.45, 2.75) is 4.90 Å². The van der Waals surface area contributed by atoms with Crippen LogP contribution >= 0.6 is 11.6 Å². The molecule has 10 heteroatoms. The van der Waals surface area contributed by atoms with Crippen LogP contribution in [0.15, 0.2) is 77.7 Å². The first kappa shape index (κ1) is 20.3. The average Bonchev–Trinajstić information content (AvgIpc) is 2.68. The number of carbonyl (C=O) groups excluding carboxylic acids is 1. The molecule has 0 unspecified atom stereocenters. The number of nitro benzene ring substituents is 1. The molecule has 0 spiro atoms. The SMILES string of the molecule is O=C(Nc1ccc(S(=O)(=O)Oc2cccc([N+](=O)[O-])c2)cc1)c1cccc(Cl)c1. The zero-order valence-electron chi connectivity index (χ0n) is 14.6. The van der Waals surface area contributed by atoms with Gasteiger partial charge in [0.15, 0.2) is 0 Å². The fourth-order valence-corrected chi connectivity index (χ4v) is 3.47. The Balaban J connectivity index is 1.74. The molecule has 0 aliphatic rings. The van der Waals surface area contributed by atoms with Gasteiger partial charge in [-0.2, -0.15) is 8.42 Å². The van der Waals surface area contributed by atoms with Gasteiger partial charge in [0.05, 0.1) is 11.0 Å². The minimum Gasteiger partial charge on any atom is -0.379 e. The van der Waals surface area contributed by atoms with Gasteiger partial charge in [-0.3, -0.25) is 14.9 Å². The van der Waals surface area contributed by atoms with Crippen LogP contribution in [0.4, 0.5) is 11.4 Å². The Kier molecular flexibility index (Phi) is 5.81. The molecule has 0 saturated carbocycles. The lowest BCUT2D eigenvalue weighted by atomic mass is 10.2. The first-order valence-corrected chi connectivity index (χ1v) is 9.89. The zero-order chi connectivity index (χ0) is 21.0. The molecule has 3 aromatic carbocycles. The van der Waals surface area contributed by atoms with Crippen molar-refractivity contribution in [2.75, 3.05) is 5.32 Å². The number of non-ortho nitro benzene ring substituents is 1. The molecule has 0 fully saturated rings. The number of hydrogen-bond acceptors (Lipinski definition) is 6. The molecule has 3 aromatic rings. The number of rotatable bonds is 6. The summed E-state index contributed by atoms with van der Waals surface area (Å²) in [6, 6.07) is 16.5. The van der Waals surface area contributed by atoms with Gasteiger partial charge >= 0.3 is 10.1 Å². The van der Waals surface area contributed by atoms with Crippen molar-refractivity contribution in [3.8, 4) is 5.75 Å². The highest BCUT2D eigenvalue weighted by molar-refractivity contribution is 7.87. The van der Waals surface area contributed by atoms with Crippen molar-refractivity contribution < 1.29 is 22.3 Å². The predicted molar refractivity (Wildman–Crippen MR) is 107 cm³/mol. The summed E-state index contributed by atoms with van der Waals surface area (Å²) in [7, 11) is -4.21. The van der Waals surface area contributed by atoms with Crippen LogP contribution in [0.3, 0.4) is 0 Å². The van der Waals surface area contributed by atoms with Gasteiger partial charge in [-0.25, -0.2) is 0 Å². The molecule has 3 rings (SSSR count). The maximum atomic E-state index is 12.4. The molecule has 1 amide bonds. The van der Waals surface area contributed by atoms with E-state index in [4.69, 9.17) is 15.8 Å². The molecule has 29 heavy (non-hydrogen) atoms. The van der Waals surface area contributed by atoms with E-state index in [0.29, 0.717) is 16.3 Å². The molecule has 0 atom stereocenters. The molecule has 8 nitrogen and oxygen atoms in total. The Morgan fingerprint density at radius 1 is 1.00 bits per heavy atom. The third-order valence-corrected chi connectivity index (χ3v) is 5.22. The third kappa shape index (κ3) is 5.09. The first-order valence-electron chi connectivity index (χ1n) is 8.10. The van der Waals surface area contributed by atoms with Crippen molar-refractivity contribution in [2.24, 2.45) is 0 Å². The summed E-state index contributed by atoms with van der Waals surface area (Å²) >= 11 is 5.86. The van der Waals surface area contributed by atoms with Crippen LogP contribution in [0, 0.1) is 10.1 Å². The molecule has 0 heterocycles. The normalized spacial score (nSPS) is 10.9. The highest BCUT2D eigenvalue weighted by Gasteiger charge is 2.18.